The van der Waals surface area contributed by atoms with Gasteiger partial charge in [0.05, 0.1) is 5.39 Å². The first-order valence-electron chi connectivity index (χ1n) is 10.4. The molecule has 0 aliphatic carbocycles. The third-order valence-corrected chi connectivity index (χ3v) is 6.16. The summed E-state index contributed by atoms with van der Waals surface area (Å²) in [6, 6.07) is 14.5. The van der Waals surface area contributed by atoms with Crippen molar-refractivity contribution in [2.75, 3.05) is 42.9 Å². The minimum atomic E-state index is 0.121. The van der Waals surface area contributed by atoms with E-state index < -0.39 is 0 Å². The average molecular weight is 390 g/mol. The van der Waals surface area contributed by atoms with Crippen LogP contribution in [0.5, 0.6) is 0 Å². The largest absolute Gasteiger partial charge is 0.354 e. The predicted molar refractivity (Wildman–Crippen MR) is 114 cm³/mol. The van der Waals surface area contributed by atoms with Gasteiger partial charge in [0, 0.05) is 44.8 Å². The van der Waals surface area contributed by atoms with E-state index in [0.29, 0.717) is 12.3 Å². The van der Waals surface area contributed by atoms with Gasteiger partial charge >= 0.3 is 0 Å². The van der Waals surface area contributed by atoms with E-state index in [1.165, 1.54) is 11.1 Å². The molecule has 6 heteroatoms. The highest BCUT2D eigenvalue weighted by molar-refractivity contribution is 5.94. The molecule has 150 valence electrons. The van der Waals surface area contributed by atoms with Gasteiger partial charge in [-0.2, -0.15) is 0 Å². The highest BCUT2D eigenvalue weighted by Crippen LogP contribution is 2.32. The number of hydrogen-bond acceptors (Lipinski definition) is 5. The van der Waals surface area contributed by atoms with Crippen molar-refractivity contribution in [3.8, 4) is 0 Å². The molecule has 0 radical (unpaired) electrons. The van der Waals surface area contributed by atoms with E-state index in [9.17, 15) is 4.79 Å². The molecule has 1 amide bonds. The van der Waals surface area contributed by atoms with Crippen LogP contribution >= 0.6 is 0 Å². The molecule has 1 unspecified atom stereocenters. The van der Waals surface area contributed by atoms with Crippen LogP contribution in [-0.2, 0) is 11.2 Å². The summed E-state index contributed by atoms with van der Waals surface area (Å²) < 4.78 is 5.46. The van der Waals surface area contributed by atoms with Crippen molar-refractivity contribution < 1.29 is 9.32 Å². The molecular weight excluding hydrogens is 364 g/mol. The lowest BCUT2D eigenvalue weighted by atomic mass is 9.90. The van der Waals surface area contributed by atoms with Crippen molar-refractivity contribution in [2.24, 2.45) is 0 Å². The van der Waals surface area contributed by atoms with E-state index in [4.69, 9.17) is 4.52 Å². The third-order valence-electron chi connectivity index (χ3n) is 6.16. The van der Waals surface area contributed by atoms with Crippen LogP contribution in [0, 0.1) is 0 Å². The Kier molecular flexibility index (Phi) is 4.72. The van der Waals surface area contributed by atoms with Crippen LogP contribution < -0.4 is 10.2 Å². The van der Waals surface area contributed by atoms with E-state index in [0.717, 1.165) is 61.6 Å². The maximum Gasteiger partial charge on any atom is 0.224 e. The van der Waals surface area contributed by atoms with Gasteiger partial charge in [-0.3, -0.25) is 9.69 Å². The summed E-state index contributed by atoms with van der Waals surface area (Å²) in [5.74, 6) is 1.38. The van der Waals surface area contributed by atoms with E-state index in [1.54, 1.807) is 0 Å². The van der Waals surface area contributed by atoms with E-state index in [2.05, 4.69) is 51.5 Å². The first-order chi connectivity index (χ1) is 14.2. The van der Waals surface area contributed by atoms with Gasteiger partial charge in [0.25, 0.3) is 0 Å². The zero-order valence-electron chi connectivity index (χ0n) is 16.7. The van der Waals surface area contributed by atoms with Crippen molar-refractivity contribution in [2.45, 2.75) is 25.7 Å². The Labute approximate surface area is 170 Å². The average Bonchev–Trinajstić information content (AvgIpc) is 3.17. The smallest absolute Gasteiger partial charge is 0.224 e. The van der Waals surface area contributed by atoms with Crippen LogP contribution in [0.3, 0.4) is 0 Å². The zero-order valence-corrected chi connectivity index (χ0v) is 16.7. The highest BCUT2D eigenvalue weighted by atomic mass is 16.5. The molecule has 1 saturated heterocycles. The standard InChI is InChI=1S/C23H26N4O2/c1-16-14-22(28)24-20-7-6-17(15-19(16)20)8-9-26-10-12-27(13-11-26)23-18-4-2-3-5-21(18)29-25-23/h2-7,15-16H,8-14H2,1H3,(H,24,28). The number of hydrogen-bond donors (Lipinski definition) is 1. The lowest BCUT2D eigenvalue weighted by Gasteiger charge is -2.34. The molecule has 6 nitrogen and oxygen atoms in total. The Hall–Kier alpha value is -2.86. The number of aromatic nitrogens is 1. The first-order valence-corrected chi connectivity index (χ1v) is 10.4. The number of carbonyl (C=O) groups is 1. The van der Waals surface area contributed by atoms with Crippen molar-refractivity contribution in [1.82, 2.24) is 10.1 Å². The summed E-state index contributed by atoms with van der Waals surface area (Å²) >= 11 is 0. The number of nitrogens with zero attached hydrogens (tertiary/aromatic N) is 3. The summed E-state index contributed by atoms with van der Waals surface area (Å²) in [5, 5.41) is 8.37. The topological polar surface area (TPSA) is 61.6 Å². The molecular formula is C23H26N4O2. The molecule has 29 heavy (non-hydrogen) atoms. The van der Waals surface area contributed by atoms with Gasteiger partial charge in [-0.05, 0) is 41.7 Å². The molecule has 3 heterocycles. The molecule has 2 aliphatic heterocycles. The molecule has 1 aromatic heterocycles. The van der Waals surface area contributed by atoms with Gasteiger partial charge in [-0.15, -0.1) is 0 Å². The summed E-state index contributed by atoms with van der Waals surface area (Å²) in [6.45, 7) is 7.16. The fourth-order valence-electron chi connectivity index (χ4n) is 4.45. The number of benzene rings is 2. The van der Waals surface area contributed by atoms with Crippen LogP contribution in [0.2, 0.25) is 0 Å². The highest BCUT2D eigenvalue weighted by Gasteiger charge is 2.23. The summed E-state index contributed by atoms with van der Waals surface area (Å²) in [7, 11) is 0. The number of rotatable bonds is 4. The molecule has 0 saturated carbocycles. The van der Waals surface area contributed by atoms with E-state index >= 15 is 0 Å². The van der Waals surface area contributed by atoms with Crippen molar-refractivity contribution in [3.63, 3.8) is 0 Å². The van der Waals surface area contributed by atoms with E-state index in [-0.39, 0.29) is 5.91 Å². The second-order valence-electron chi connectivity index (χ2n) is 8.16. The Morgan fingerprint density at radius 3 is 2.83 bits per heavy atom. The fourth-order valence-corrected chi connectivity index (χ4v) is 4.45. The maximum atomic E-state index is 11.7. The number of nitrogens with one attached hydrogen (secondary N) is 1. The number of amides is 1. The second-order valence-corrected chi connectivity index (χ2v) is 8.16. The van der Waals surface area contributed by atoms with Gasteiger partial charge in [0.15, 0.2) is 11.4 Å². The number of piperazine rings is 1. The van der Waals surface area contributed by atoms with Crippen molar-refractivity contribution in [1.29, 1.82) is 0 Å². The molecule has 1 N–H and O–H groups in total. The Bertz CT molecular complexity index is 1040. The van der Waals surface area contributed by atoms with E-state index in [1.807, 2.05) is 18.2 Å². The molecule has 2 aliphatic rings. The van der Waals surface area contributed by atoms with Gasteiger partial charge < -0.3 is 14.7 Å². The molecule has 1 atom stereocenters. The first kappa shape index (κ1) is 18.2. The third kappa shape index (κ3) is 3.60. The molecule has 0 bridgehead atoms. The number of fused-ring (bicyclic) bond motifs is 2. The normalized spacial score (nSPS) is 20.0. The van der Waals surface area contributed by atoms with Crippen LogP contribution in [0.15, 0.2) is 47.0 Å². The molecule has 3 aromatic rings. The van der Waals surface area contributed by atoms with Crippen molar-refractivity contribution >= 4 is 28.4 Å². The van der Waals surface area contributed by atoms with Crippen molar-refractivity contribution in [3.05, 3.63) is 53.6 Å². The summed E-state index contributed by atoms with van der Waals surface area (Å²) in [5.41, 5.74) is 4.44. The Balaban J connectivity index is 1.19. The molecule has 2 aromatic carbocycles. The second kappa shape index (κ2) is 7.52. The number of para-hydroxylation sites is 1. The molecule has 0 spiro atoms. The quantitative estimate of drug-likeness (QED) is 0.737. The minimum Gasteiger partial charge on any atom is -0.354 e. The van der Waals surface area contributed by atoms with Gasteiger partial charge in [0.1, 0.15) is 0 Å². The minimum absolute atomic E-state index is 0.121. The van der Waals surface area contributed by atoms with Crippen LogP contribution in [0.1, 0.15) is 30.4 Å². The Morgan fingerprint density at radius 2 is 1.97 bits per heavy atom. The fraction of sp³-hybridized carbons (Fsp3) is 0.391. The lowest BCUT2D eigenvalue weighted by Crippen LogP contribution is -2.47. The van der Waals surface area contributed by atoms with Gasteiger partial charge in [-0.25, -0.2) is 0 Å². The summed E-state index contributed by atoms with van der Waals surface area (Å²) in [4.78, 5) is 16.5. The van der Waals surface area contributed by atoms with Crippen LogP contribution in [-0.4, -0.2) is 48.7 Å². The SMILES string of the molecule is CC1CC(=O)Nc2ccc(CCN3CCN(c4noc5ccccc45)CC3)cc21. The summed E-state index contributed by atoms with van der Waals surface area (Å²) in [6.07, 6.45) is 1.61. The zero-order chi connectivity index (χ0) is 19.8. The number of carbonyl (C=O) groups excluding carboxylic acids is 1. The van der Waals surface area contributed by atoms with Crippen LogP contribution in [0.4, 0.5) is 11.5 Å². The Morgan fingerprint density at radius 1 is 1.14 bits per heavy atom. The van der Waals surface area contributed by atoms with Gasteiger partial charge in [-0.1, -0.05) is 36.3 Å². The lowest BCUT2D eigenvalue weighted by molar-refractivity contribution is -0.116. The maximum absolute atomic E-state index is 11.7. The predicted octanol–water partition coefficient (Wildman–Crippen LogP) is 3.64. The molecule has 1 fully saturated rings. The van der Waals surface area contributed by atoms with Crippen LogP contribution in [0.25, 0.3) is 11.0 Å². The molecule has 5 rings (SSSR count). The van der Waals surface area contributed by atoms with Gasteiger partial charge in [0.2, 0.25) is 5.91 Å². The monoisotopic (exact) mass is 390 g/mol. The number of anilines is 2.